The van der Waals surface area contributed by atoms with E-state index in [-0.39, 0.29) is 6.61 Å². The van der Waals surface area contributed by atoms with Gasteiger partial charge in [-0.05, 0) is 31.6 Å². The topological polar surface area (TPSA) is 37.3 Å². The first-order valence-electron chi connectivity index (χ1n) is 4.46. The molecule has 0 amide bonds. The molecule has 2 atom stereocenters. The van der Waals surface area contributed by atoms with Crippen LogP contribution < -0.4 is 0 Å². The third-order valence-corrected chi connectivity index (χ3v) is 3.16. The standard InChI is InChI=1S/C9H14O2/c10-5-6-3-7-1-2-8(4-6)9(7)11/h6-8,10H,1-5H2/t7-,8-/m0/s1. The SMILES string of the molecule is O=C1[C@H]2CC[C@H]1CC(CO)C2. The van der Waals surface area contributed by atoms with Gasteiger partial charge in [-0.25, -0.2) is 0 Å². The highest BCUT2D eigenvalue weighted by atomic mass is 16.3. The average Bonchev–Trinajstić information content (AvgIpc) is 2.26. The molecule has 62 valence electrons. The summed E-state index contributed by atoms with van der Waals surface area (Å²) in [6.07, 6.45) is 4.07. The maximum absolute atomic E-state index is 11.4. The lowest BCUT2D eigenvalue weighted by atomic mass is 9.80. The quantitative estimate of drug-likeness (QED) is 0.611. The summed E-state index contributed by atoms with van der Waals surface area (Å²) in [6.45, 7) is 0.278. The van der Waals surface area contributed by atoms with Crippen molar-refractivity contribution in [2.24, 2.45) is 17.8 Å². The van der Waals surface area contributed by atoms with Crippen LogP contribution >= 0.6 is 0 Å². The van der Waals surface area contributed by atoms with Crippen molar-refractivity contribution < 1.29 is 9.90 Å². The van der Waals surface area contributed by atoms with Gasteiger partial charge >= 0.3 is 0 Å². The van der Waals surface area contributed by atoms with Crippen molar-refractivity contribution in [3.8, 4) is 0 Å². The molecule has 0 aromatic rings. The normalized spacial score (nSPS) is 43.0. The summed E-state index contributed by atoms with van der Waals surface area (Å²) in [4.78, 5) is 11.4. The van der Waals surface area contributed by atoms with Crippen LogP contribution in [-0.2, 0) is 4.79 Å². The van der Waals surface area contributed by atoms with E-state index in [1.807, 2.05) is 0 Å². The van der Waals surface area contributed by atoms with Gasteiger partial charge in [-0.3, -0.25) is 4.79 Å². The summed E-state index contributed by atoms with van der Waals surface area (Å²) in [7, 11) is 0. The number of aliphatic hydroxyl groups excluding tert-OH is 1. The third kappa shape index (κ3) is 1.09. The smallest absolute Gasteiger partial charge is 0.139 e. The van der Waals surface area contributed by atoms with Crippen LogP contribution in [0.3, 0.4) is 0 Å². The zero-order chi connectivity index (χ0) is 7.84. The fourth-order valence-electron chi connectivity index (χ4n) is 2.54. The predicted octanol–water partition coefficient (Wildman–Crippen LogP) is 0.984. The highest BCUT2D eigenvalue weighted by Gasteiger charge is 2.40. The number of hydrogen-bond acceptors (Lipinski definition) is 2. The number of rotatable bonds is 1. The minimum Gasteiger partial charge on any atom is -0.396 e. The molecule has 0 radical (unpaired) electrons. The fraction of sp³-hybridized carbons (Fsp3) is 0.889. The number of aliphatic hydroxyl groups is 1. The zero-order valence-corrected chi connectivity index (χ0v) is 6.62. The van der Waals surface area contributed by atoms with Crippen molar-refractivity contribution in [2.45, 2.75) is 25.7 Å². The molecule has 0 aromatic carbocycles. The van der Waals surface area contributed by atoms with Gasteiger partial charge in [0.2, 0.25) is 0 Å². The van der Waals surface area contributed by atoms with Gasteiger partial charge in [0.15, 0.2) is 0 Å². The molecule has 2 fully saturated rings. The van der Waals surface area contributed by atoms with E-state index < -0.39 is 0 Å². The number of fused-ring (bicyclic) bond motifs is 2. The van der Waals surface area contributed by atoms with Crippen LogP contribution in [0.15, 0.2) is 0 Å². The number of ketones is 1. The first-order chi connectivity index (χ1) is 5.31. The van der Waals surface area contributed by atoms with Crippen LogP contribution in [0.25, 0.3) is 0 Å². The van der Waals surface area contributed by atoms with Crippen LogP contribution in [0, 0.1) is 17.8 Å². The van der Waals surface area contributed by atoms with Crippen LogP contribution in [0.4, 0.5) is 0 Å². The van der Waals surface area contributed by atoms with Gasteiger partial charge in [-0.1, -0.05) is 0 Å². The Morgan fingerprint density at radius 2 is 1.82 bits per heavy atom. The van der Waals surface area contributed by atoms with Crippen molar-refractivity contribution in [3.63, 3.8) is 0 Å². The summed E-state index contributed by atoms with van der Waals surface area (Å²) < 4.78 is 0. The van der Waals surface area contributed by atoms with Gasteiger partial charge in [0, 0.05) is 18.4 Å². The molecule has 0 unspecified atom stereocenters. The number of Topliss-reactive ketones (excluding diaryl/α,β-unsaturated/α-hetero) is 1. The van der Waals surface area contributed by atoms with Crippen molar-refractivity contribution in [1.29, 1.82) is 0 Å². The monoisotopic (exact) mass is 154 g/mol. The summed E-state index contributed by atoms with van der Waals surface area (Å²) >= 11 is 0. The van der Waals surface area contributed by atoms with Crippen molar-refractivity contribution in [1.82, 2.24) is 0 Å². The van der Waals surface area contributed by atoms with Gasteiger partial charge in [-0.15, -0.1) is 0 Å². The van der Waals surface area contributed by atoms with E-state index in [9.17, 15) is 4.79 Å². The Hall–Kier alpha value is -0.370. The van der Waals surface area contributed by atoms with Crippen molar-refractivity contribution in [3.05, 3.63) is 0 Å². The molecular weight excluding hydrogens is 140 g/mol. The van der Waals surface area contributed by atoms with Gasteiger partial charge < -0.3 is 5.11 Å². The Bertz CT molecular complexity index is 160. The first kappa shape index (κ1) is 7.29. The Labute approximate surface area is 66.6 Å². The molecule has 0 heterocycles. The van der Waals surface area contributed by atoms with E-state index in [1.165, 1.54) is 0 Å². The molecule has 11 heavy (non-hydrogen) atoms. The van der Waals surface area contributed by atoms with Gasteiger partial charge in [0.25, 0.3) is 0 Å². The highest BCUT2D eigenvalue weighted by molar-refractivity contribution is 5.86. The molecule has 2 heteroatoms. The molecule has 1 N–H and O–H groups in total. The van der Waals surface area contributed by atoms with Crippen LogP contribution in [-0.4, -0.2) is 17.5 Å². The Kier molecular flexibility index (Phi) is 1.72. The van der Waals surface area contributed by atoms with E-state index >= 15 is 0 Å². The van der Waals surface area contributed by atoms with E-state index in [0.717, 1.165) is 25.7 Å². The molecule has 0 aromatic heterocycles. The Balaban J connectivity index is 2.08. The lowest BCUT2D eigenvalue weighted by molar-refractivity contribution is -0.127. The van der Waals surface area contributed by atoms with E-state index in [1.54, 1.807) is 0 Å². The molecule has 2 bridgehead atoms. The van der Waals surface area contributed by atoms with Crippen LogP contribution in [0.2, 0.25) is 0 Å². The summed E-state index contributed by atoms with van der Waals surface area (Å²) in [6, 6.07) is 0. The van der Waals surface area contributed by atoms with Gasteiger partial charge in [-0.2, -0.15) is 0 Å². The lowest BCUT2D eigenvalue weighted by Gasteiger charge is -2.24. The van der Waals surface area contributed by atoms with Gasteiger partial charge in [0.1, 0.15) is 5.78 Å². The van der Waals surface area contributed by atoms with Crippen LogP contribution in [0.5, 0.6) is 0 Å². The molecule has 0 aliphatic heterocycles. The van der Waals surface area contributed by atoms with E-state index in [0.29, 0.717) is 23.5 Å². The molecule has 2 rings (SSSR count). The zero-order valence-electron chi connectivity index (χ0n) is 6.62. The molecule has 2 nitrogen and oxygen atoms in total. The second-order valence-corrected chi connectivity index (χ2v) is 3.89. The number of carbonyl (C=O) groups is 1. The molecule has 0 saturated heterocycles. The molecule has 0 spiro atoms. The van der Waals surface area contributed by atoms with Gasteiger partial charge in [0.05, 0.1) is 0 Å². The first-order valence-corrected chi connectivity index (χ1v) is 4.46. The maximum atomic E-state index is 11.4. The largest absolute Gasteiger partial charge is 0.396 e. The molecular formula is C9H14O2. The molecule has 2 aliphatic rings. The maximum Gasteiger partial charge on any atom is 0.139 e. The predicted molar refractivity (Wildman–Crippen MR) is 41.0 cm³/mol. The fourth-order valence-corrected chi connectivity index (χ4v) is 2.54. The highest BCUT2D eigenvalue weighted by Crippen LogP contribution is 2.41. The summed E-state index contributed by atoms with van der Waals surface area (Å²) in [5, 5.41) is 8.93. The molecule has 2 saturated carbocycles. The van der Waals surface area contributed by atoms with Crippen molar-refractivity contribution in [2.75, 3.05) is 6.61 Å². The lowest BCUT2D eigenvalue weighted by Crippen LogP contribution is -2.27. The average molecular weight is 154 g/mol. The number of hydrogen-bond donors (Lipinski definition) is 1. The minimum atomic E-state index is 0.278. The second kappa shape index (κ2) is 2.59. The number of carbonyl (C=O) groups excluding carboxylic acids is 1. The van der Waals surface area contributed by atoms with Crippen molar-refractivity contribution >= 4 is 5.78 Å². The summed E-state index contributed by atoms with van der Waals surface area (Å²) in [5.41, 5.74) is 0. The second-order valence-electron chi connectivity index (χ2n) is 3.89. The molecule has 2 aliphatic carbocycles. The minimum absolute atomic E-state index is 0.278. The van der Waals surface area contributed by atoms with Crippen LogP contribution in [0.1, 0.15) is 25.7 Å². The third-order valence-electron chi connectivity index (χ3n) is 3.16. The van der Waals surface area contributed by atoms with E-state index in [2.05, 4.69) is 0 Å². The Morgan fingerprint density at radius 3 is 2.27 bits per heavy atom. The Morgan fingerprint density at radius 1 is 1.27 bits per heavy atom. The van der Waals surface area contributed by atoms with E-state index in [4.69, 9.17) is 5.11 Å². The summed E-state index contributed by atoms with van der Waals surface area (Å²) in [5.74, 6) is 1.52.